The van der Waals surface area contributed by atoms with Gasteiger partial charge in [-0.15, -0.1) is 0 Å². The van der Waals surface area contributed by atoms with Crippen LogP contribution in [0.25, 0.3) is 0 Å². The highest BCUT2D eigenvalue weighted by Crippen LogP contribution is 2.28. The highest BCUT2D eigenvalue weighted by Gasteiger charge is 2.25. The molecule has 1 aromatic carbocycles. The first-order valence-corrected chi connectivity index (χ1v) is 5.40. The van der Waals surface area contributed by atoms with E-state index in [1.165, 1.54) is 0 Å². The second kappa shape index (κ2) is 4.11. The molecule has 3 N–H and O–H groups in total. The van der Waals surface area contributed by atoms with Crippen LogP contribution in [0.4, 0.5) is 11.4 Å². The lowest BCUT2D eigenvalue weighted by Gasteiger charge is -2.24. The lowest BCUT2D eigenvalue weighted by atomic mass is 9.85. The maximum atomic E-state index is 11.6. The molecule has 0 spiro atoms. The van der Waals surface area contributed by atoms with Crippen molar-refractivity contribution in [3.05, 3.63) is 23.2 Å². The standard InChI is InChI=1S/C11H13ClN2O/c12-9-5-4-8(6-10(9)13)14-11(15)7-2-1-3-7/h4-7H,1-3,13H2,(H,14,15). The lowest BCUT2D eigenvalue weighted by molar-refractivity contribution is -0.122. The molecule has 0 heterocycles. The normalized spacial score (nSPS) is 15.8. The summed E-state index contributed by atoms with van der Waals surface area (Å²) in [5, 5.41) is 3.35. The summed E-state index contributed by atoms with van der Waals surface area (Å²) >= 11 is 5.78. The molecule has 0 saturated heterocycles. The maximum absolute atomic E-state index is 11.6. The molecule has 0 aromatic heterocycles. The first kappa shape index (κ1) is 10.3. The minimum absolute atomic E-state index is 0.0861. The average molecular weight is 225 g/mol. The zero-order chi connectivity index (χ0) is 10.8. The number of carbonyl (C=O) groups is 1. The van der Waals surface area contributed by atoms with Crippen molar-refractivity contribution in [2.75, 3.05) is 11.1 Å². The molecule has 80 valence electrons. The predicted octanol–water partition coefficient (Wildman–Crippen LogP) is 2.66. The van der Waals surface area contributed by atoms with E-state index in [0.717, 1.165) is 19.3 Å². The number of anilines is 2. The van der Waals surface area contributed by atoms with E-state index >= 15 is 0 Å². The van der Waals surface area contributed by atoms with Crippen molar-refractivity contribution in [3.8, 4) is 0 Å². The van der Waals surface area contributed by atoms with Crippen LogP contribution in [-0.4, -0.2) is 5.91 Å². The van der Waals surface area contributed by atoms with Gasteiger partial charge in [-0.1, -0.05) is 18.0 Å². The molecule has 0 bridgehead atoms. The molecular formula is C11H13ClN2O. The number of nitrogens with two attached hydrogens (primary N) is 1. The van der Waals surface area contributed by atoms with Gasteiger partial charge in [0.2, 0.25) is 5.91 Å². The van der Waals surface area contributed by atoms with Crippen molar-refractivity contribution < 1.29 is 4.79 Å². The summed E-state index contributed by atoms with van der Waals surface area (Å²) < 4.78 is 0. The van der Waals surface area contributed by atoms with E-state index in [4.69, 9.17) is 17.3 Å². The van der Waals surface area contributed by atoms with Gasteiger partial charge in [0, 0.05) is 11.6 Å². The van der Waals surface area contributed by atoms with Crippen molar-refractivity contribution in [1.29, 1.82) is 0 Å². The van der Waals surface area contributed by atoms with Crippen LogP contribution in [0, 0.1) is 5.92 Å². The van der Waals surface area contributed by atoms with Gasteiger partial charge in [0.25, 0.3) is 0 Å². The molecular weight excluding hydrogens is 212 g/mol. The third kappa shape index (κ3) is 2.23. The first-order chi connectivity index (χ1) is 7.16. The Labute approximate surface area is 93.6 Å². The van der Waals surface area contributed by atoms with Gasteiger partial charge in [0.1, 0.15) is 0 Å². The van der Waals surface area contributed by atoms with Crippen molar-refractivity contribution in [2.45, 2.75) is 19.3 Å². The van der Waals surface area contributed by atoms with Gasteiger partial charge in [-0.2, -0.15) is 0 Å². The van der Waals surface area contributed by atoms with Crippen LogP contribution in [0.5, 0.6) is 0 Å². The Hall–Kier alpha value is -1.22. The lowest BCUT2D eigenvalue weighted by Crippen LogP contribution is -2.28. The number of rotatable bonds is 2. The van der Waals surface area contributed by atoms with Crippen molar-refractivity contribution in [1.82, 2.24) is 0 Å². The summed E-state index contributed by atoms with van der Waals surface area (Å²) in [6.45, 7) is 0. The molecule has 0 aliphatic heterocycles. The van der Waals surface area contributed by atoms with E-state index in [0.29, 0.717) is 16.4 Å². The molecule has 1 fully saturated rings. The van der Waals surface area contributed by atoms with E-state index in [9.17, 15) is 4.79 Å². The van der Waals surface area contributed by atoms with Gasteiger partial charge in [0.05, 0.1) is 10.7 Å². The Bertz CT molecular complexity index is 388. The SMILES string of the molecule is Nc1cc(NC(=O)C2CCC2)ccc1Cl. The summed E-state index contributed by atoms with van der Waals surface area (Å²) in [7, 11) is 0. The molecule has 3 nitrogen and oxygen atoms in total. The van der Waals surface area contributed by atoms with Gasteiger partial charge in [0.15, 0.2) is 0 Å². The smallest absolute Gasteiger partial charge is 0.227 e. The fourth-order valence-corrected chi connectivity index (χ4v) is 1.65. The topological polar surface area (TPSA) is 55.1 Å². The van der Waals surface area contributed by atoms with Crippen LogP contribution >= 0.6 is 11.6 Å². The molecule has 1 saturated carbocycles. The van der Waals surface area contributed by atoms with Gasteiger partial charge in [-0.25, -0.2) is 0 Å². The van der Waals surface area contributed by atoms with Crippen LogP contribution in [-0.2, 0) is 4.79 Å². The number of amides is 1. The molecule has 4 heteroatoms. The first-order valence-electron chi connectivity index (χ1n) is 5.02. The number of hydrogen-bond donors (Lipinski definition) is 2. The van der Waals surface area contributed by atoms with Crippen LogP contribution in [0.3, 0.4) is 0 Å². The van der Waals surface area contributed by atoms with Crippen LogP contribution in [0.2, 0.25) is 5.02 Å². The second-order valence-corrected chi connectivity index (χ2v) is 4.26. The van der Waals surface area contributed by atoms with E-state index in [1.54, 1.807) is 18.2 Å². The van der Waals surface area contributed by atoms with Crippen LogP contribution in [0.1, 0.15) is 19.3 Å². The molecule has 0 unspecified atom stereocenters. The molecule has 0 radical (unpaired) electrons. The Kier molecular flexibility index (Phi) is 2.82. The van der Waals surface area contributed by atoms with E-state index in [-0.39, 0.29) is 11.8 Å². The zero-order valence-corrected chi connectivity index (χ0v) is 9.05. The minimum atomic E-state index is 0.0861. The molecule has 0 atom stereocenters. The second-order valence-electron chi connectivity index (χ2n) is 3.85. The maximum Gasteiger partial charge on any atom is 0.227 e. The monoisotopic (exact) mass is 224 g/mol. The minimum Gasteiger partial charge on any atom is -0.397 e. The number of hydrogen-bond acceptors (Lipinski definition) is 2. The molecule has 15 heavy (non-hydrogen) atoms. The van der Waals surface area contributed by atoms with Gasteiger partial charge >= 0.3 is 0 Å². The largest absolute Gasteiger partial charge is 0.397 e. The highest BCUT2D eigenvalue weighted by molar-refractivity contribution is 6.33. The van der Waals surface area contributed by atoms with Gasteiger partial charge in [-0.05, 0) is 31.0 Å². The summed E-state index contributed by atoms with van der Waals surface area (Å²) in [6.07, 6.45) is 3.14. The molecule has 1 aliphatic carbocycles. The van der Waals surface area contributed by atoms with Gasteiger partial charge < -0.3 is 11.1 Å². The van der Waals surface area contributed by atoms with Gasteiger partial charge in [-0.3, -0.25) is 4.79 Å². The summed E-state index contributed by atoms with van der Waals surface area (Å²) in [5.74, 6) is 0.268. The number of nitrogens with one attached hydrogen (secondary N) is 1. The Balaban J connectivity index is 2.03. The number of nitrogen functional groups attached to an aromatic ring is 1. The summed E-state index contributed by atoms with van der Waals surface area (Å²) in [4.78, 5) is 11.6. The van der Waals surface area contributed by atoms with Crippen LogP contribution in [0.15, 0.2) is 18.2 Å². The predicted molar refractivity (Wildman–Crippen MR) is 61.8 cm³/mol. The third-order valence-corrected chi connectivity index (χ3v) is 3.08. The fraction of sp³-hybridized carbons (Fsp3) is 0.364. The van der Waals surface area contributed by atoms with Crippen molar-refractivity contribution in [2.24, 2.45) is 5.92 Å². The number of halogens is 1. The molecule has 1 amide bonds. The molecule has 1 aliphatic rings. The summed E-state index contributed by atoms with van der Waals surface area (Å²) in [6, 6.07) is 5.13. The third-order valence-electron chi connectivity index (χ3n) is 2.74. The highest BCUT2D eigenvalue weighted by atomic mass is 35.5. The van der Waals surface area contributed by atoms with E-state index < -0.39 is 0 Å². The van der Waals surface area contributed by atoms with E-state index in [1.807, 2.05) is 0 Å². The zero-order valence-electron chi connectivity index (χ0n) is 8.29. The van der Waals surface area contributed by atoms with Crippen molar-refractivity contribution >= 4 is 28.9 Å². The van der Waals surface area contributed by atoms with Crippen molar-refractivity contribution in [3.63, 3.8) is 0 Å². The number of carbonyl (C=O) groups excluding carboxylic acids is 1. The quantitative estimate of drug-likeness (QED) is 0.759. The fourth-order valence-electron chi connectivity index (χ4n) is 1.54. The van der Waals surface area contributed by atoms with Crippen LogP contribution < -0.4 is 11.1 Å². The average Bonchev–Trinajstić information content (AvgIpc) is 2.08. The summed E-state index contributed by atoms with van der Waals surface area (Å²) in [5.41, 5.74) is 6.84. The van der Waals surface area contributed by atoms with E-state index in [2.05, 4.69) is 5.32 Å². The Morgan fingerprint density at radius 3 is 2.73 bits per heavy atom. The molecule has 1 aromatic rings. The Morgan fingerprint density at radius 2 is 2.20 bits per heavy atom. The Morgan fingerprint density at radius 1 is 1.47 bits per heavy atom. The molecule has 2 rings (SSSR count). The number of benzene rings is 1.